The number of carboxylic acids is 1. The fraction of sp³-hybridized carbons (Fsp3) is 0.500. The Morgan fingerprint density at radius 2 is 2.57 bits per heavy atom. The van der Waals surface area contributed by atoms with Crippen molar-refractivity contribution in [3.63, 3.8) is 0 Å². The Morgan fingerprint density at radius 1 is 1.79 bits per heavy atom. The largest absolute Gasteiger partial charge is 0.476 e. The first-order valence-corrected chi connectivity index (χ1v) is 6.02. The maximum atomic E-state index is 10.5. The van der Waals surface area contributed by atoms with Crippen LogP contribution in [0.1, 0.15) is 15.5 Å². The van der Waals surface area contributed by atoms with E-state index in [-0.39, 0.29) is 5.01 Å². The molecule has 14 heavy (non-hydrogen) atoms. The smallest absolute Gasteiger partial charge is 0.365 e. The summed E-state index contributed by atoms with van der Waals surface area (Å²) in [5, 5.41) is 10.6. The van der Waals surface area contributed by atoms with E-state index < -0.39 is 5.97 Å². The van der Waals surface area contributed by atoms with Gasteiger partial charge in [-0.2, -0.15) is 11.8 Å². The van der Waals surface area contributed by atoms with Crippen molar-refractivity contribution >= 4 is 29.1 Å². The van der Waals surface area contributed by atoms with Gasteiger partial charge in [0, 0.05) is 24.0 Å². The van der Waals surface area contributed by atoms with Crippen LogP contribution in [0.4, 0.5) is 0 Å². The number of rotatable bonds is 6. The average molecular weight is 233 g/mol. The third-order valence-electron chi connectivity index (χ3n) is 1.42. The van der Waals surface area contributed by atoms with Crippen molar-refractivity contribution in [1.82, 2.24) is 4.98 Å². The summed E-state index contributed by atoms with van der Waals surface area (Å²) >= 11 is 2.85. The minimum atomic E-state index is -0.955. The lowest BCUT2D eigenvalue weighted by molar-refractivity contribution is 0.0696. The van der Waals surface area contributed by atoms with Gasteiger partial charge in [0.25, 0.3) is 0 Å². The average Bonchev–Trinajstić information content (AvgIpc) is 2.61. The van der Waals surface area contributed by atoms with Crippen molar-refractivity contribution in [1.29, 1.82) is 0 Å². The zero-order chi connectivity index (χ0) is 10.4. The monoisotopic (exact) mass is 233 g/mol. The van der Waals surface area contributed by atoms with Crippen molar-refractivity contribution in [3.8, 4) is 0 Å². The van der Waals surface area contributed by atoms with Crippen molar-refractivity contribution in [2.75, 3.05) is 19.5 Å². The van der Waals surface area contributed by atoms with Crippen LogP contribution < -0.4 is 0 Å². The highest BCUT2D eigenvalue weighted by atomic mass is 32.2. The molecule has 0 radical (unpaired) electrons. The van der Waals surface area contributed by atoms with Crippen LogP contribution in [0.15, 0.2) is 5.38 Å². The minimum Gasteiger partial charge on any atom is -0.476 e. The summed E-state index contributed by atoms with van der Waals surface area (Å²) in [6, 6.07) is 0. The molecule has 4 nitrogen and oxygen atoms in total. The molecule has 6 heteroatoms. The standard InChI is InChI=1S/C8H11NO3S2/c1-12-2-3-13-4-6-5-14-7(9-6)8(10)11/h5H,2-4H2,1H3,(H,10,11). The second-order valence-corrected chi connectivity index (χ2v) is 4.46. The van der Waals surface area contributed by atoms with Crippen molar-refractivity contribution in [2.45, 2.75) is 5.75 Å². The highest BCUT2D eigenvalue weighted by Gasteiger charge is 2.08. The van der Waals surface area contributed by atoms with Gasteiger partial charge < -0.3 is 9.84 Å². The molecule has 0 aliphatic heterocycles. The van der Waals surface area contributed by atoms with Gasteiger partial charge in [0.15, 0.2) is 0 Å². The molecule has 0 atom stereocenters. The second kappa shape index (κ2) is 6.00. The van der Waals surface area contributed by atoms with Gasteiger partial charge in [-0.15, -0.1) is 11.3 Å². The summed E-state index contributed by atoms with van der Waals surface area (Å²) < 4.78 is 4.89. The highest BCUT2D eigenvalue weighted by molar-refractivity contribution is 7.98. The fourth-order valence-electron chi connectivity index (χ4n) is 0.790. The third kappa shape index (κ3) is 3.65. The van der Waals surface area contributed by atoms with E-state index in [0.29, 0.717) is 6.61 Å². The van der Waals surface area contributed by atoms with Crippen LogP contribution in [-0.4, -0.2) is 35.5 Å². The molecule has 0 unspecified atom stereocenters. The van der Waals surface area contributed by atoms with Crippen LogP contribution in [0.25, 0.3) is 0 Å². The first kappa shape index (κ1) is 11.5. The van der Waals surface area contributed by atoms with Gasteiger partial charge in [-0.05, 0) is 0 Å². The lowest BCUT2D eigenvalue weighted by Gasteiger charge is -1.96. The number of aromatic carboxylic acids is 1. The maximum absolute atomic E-state index is 10.5. The van der Waals surface area contributed by atoms with Crippen LogP contribution in [0.2, 0.25) is 0 Å². The van der Waals surface area contributed by atoms with Gasteiger partial charge in [0.2, 0.25) is 5.01 Å². The lowest BCUT2D eigenvalue weighted by atomic mass is 10.6. The molecule has 0 bridgehead atoms. The summed E-state index contributed by atoms with van der Waals surface area (Å²) in [4.78, 5) is 14.5. The minimum absolute atomic E-state index is 0.160. The van der Waals surface area contributed by atoms with Crippen LogP contribution in [0.5, 0.6) is 0 Å². The number of aromatic nitrogens is 1. The number of thioether (sulfide) groups is 1. The molecular weight excluding hydrogens is 222 g/mol. The van der Waals surface area contributed by atoms with Gasteiger partial charge in [0.05, 0.1) is 12.3 Å². The lowest BCUT2D eigenvalue weighted by Crippen LogP contribution is -1.96. The molecule has 1 rings (SSSR count). The molecule has 78 valence electrons. The number of nitrogens with zero attached hydrogens (tertiary/aromatic N) is 1. The molecule has 1 aromatic rings. The predicted molar refractivity (Wildman–Crippen MR) is 57.1 cm³/mol. The van der Waals surface area contributed by atoms with Crippen LogP contribution in [-0.2, 0) is 10.5 Å². The van der Waals surface area contributed by atoms with E-state index in [1.165, 1.54) is 11.3 Å². The van der Waals surface area contributed by atoms with Crippen molar-refractivity contribution in [2.24, 2.45) is 0 Å². The summed E-state index contributed by atoms with van der Waals surface area (Å²) in [5.41, 5.74) is 0.827. The zero-order valence-electron chi connectivity index (χ0n) is 7.73. The van der Waals surface area contributed by atoms with Crippen LogP contribution >= 0.6 is 23.1 Å². The number of ether oxygens (including phenoxy) is 1. The Bertz CT molecular complexity index is 301. The SMILES string of the molecule is COCCSCc1csc(C(=O)O)n1. The van der Waals surface area contributed by atoms with Crippen LogP contribution in [0.3, 0.4) is 0 Å². The van der Waals surface area contributed by atoms with E-state index in [1.807, 2.05) is 0 Å². The molecule has 0 saturated carbocycles. The molecule has 0 amide bonds. The van der Waals surface area contributed by atoms with Gasteiger partial charge in [-0.1, -0.05) is 0 Å². The number of carboxylic acid groups (broad SMARTS) is 1. The Labute approximate surface area is 90.3 Å². The first-order chi connectivity index (χ1) is 6.74. The maximum Gasteiger partial charge on any atom is 0.365 e. The van der Waals surface area contributed by atoms with E-state index in [9.17, 15) is 4.79 Å². The highest BCUT2D eigenvalue weighted by Crippen LogP contribution is 2.15. The Morgan fingerprint density at radius 3 is 3.14 bits per heavy atom. The molecular formula is C8H11NO3S2. The summed E-state index contributed by atoms with van der Waals surface area (Å²) in [7, 11) is 1.66. The predicted octanol–water partition coefficient (Wildman–Crippen LogP) is 1.72. The van der Waals surface area contributed by atoms with Gasteiger partial charge >= 0.3 is 5.97 Å². The molecule has 1 N–H and O–H groups in total. The molecule has 0 aliphatic carbocycles. The number of thiazole rings is 1. The van der Waals surface area contributed by atoms with E-state index >= 15 is 0 Å². The van der Waals surface area contributed by atoms with E-state index in [1.54, 1.807) is 24.3 Å². The summed E-state index contributed by atoms with van der Waals surface area (Å²) in [6.45, 7) is 0.709. The molecule has 0 aliphatic rings. The third-order valence-corrected chi connectivity index (χ3v) is 3.25. The quantitative estimate of drug-likeness (QED) is 0.758. The molecule has 0 aromatic carbocycles. The van der Waals surface area contributed by atoms with Gasteiger partial charge in [0.1, 0.15) is 0 Å². The van der Waals surface area contributed by atoms with E-state index in [0.717, 1.165) is 17.2 Å². The Balaban J connectivity index is 2.33. The Kier molecular flexibility index (Phi) is 4.92. The first-order valence-electron chi connectivity index (χ1n) is 3.98. The zero-order valence-corrected chi connectivity index (χ0v) is 9.36. The van der Waals surface area contributed by atoms with E-state index in [2.05, 4.69) is 4.98 Å². The summed E-state index contributed by atoms with van der Waals surface area (Å²) in [5.74, 6) is 0.687. The van der Waals surface area contributed by atoms with Gasteiger partial charge in [-0.3, -0.25) is 0 Å². The number of hydrogen-bond donors (Lipinski definition) is 1. The Hall–Kier alpha value is -0.590. The molecule has 0 saturated heterocycles. The fourth-order valence-corrected chi connectivity index (χ4v) is 2.34. The van der Waals surface area contributed by atoms with Gasteiger partial charge in [-0.25, -0.2) is 9.78 Å². The number of methoxy groups -OCH3 is 1. The van der Waals surface area contributed by atoms with Crippen molar-refractivity contribution in [3.05, 3.63) is 16.1 Å². The molecule has 0 fully saturated rings. The molecule has 1 heterocycles. The normalized spacial score (nSPS) is 10.4. The summed E-state index contributed by atoms with van der Waals surface area (Å²) in [6.07, 6.45) is 0. The number of hydrogen-bond acceptors (Lipinski definition) is 5. The molecule has 1 aromatic heterocycles. The number of carbonyl (C=O) groups is 1. The van der Waals surface area contributed by atoms with E-state index in [4.69, 9.17) is 9.84 Å². The second-order valence-electron chi connectivity index (χ2n) is 2.49. The molecule has 0 spiro atoms. The van der Waals surface area contributed by atoms with Crippen molar-refractivity contribution < 1.29 is 14.6 Å². The van der Waals surface area contributed by atoms with Crippen LogP contribution in [0, 0.1) is 0 Å². The topological polar surface area (TPSA) is 59.4 Å².